The lowest BCUT2D eigenvalue weighted by Crippen LogP contribution is -2.42. The first-order valence-corrected chi connectivity index (χ1v) is 13.2. The zero-order valence-electron chi connectivity index (χ0n) is 20.0. The van der Waals surface area contributed by atoms with Gasteiger partial charge in [-0.05, 0) is 42.0 Å². The normalized spacial score (nSPS) is 18.9. The van der Waals surface area contributed by atoms with Crippen LogP contribution in [0.5, 0.6) is 5.75 Å². The molecular weight excluding hydrogens is 438 g/mol. The van der Waals surface area contributed by atoms with Crippen molar-refractivity contribution < 1.29 is 23.1 Å². The smallest absolute Gasteiger partial charge is 0.159 e. The summed E-state index contributed by atoms with van der Waals surface area (Å²) in [6.45, 7) is 8.91. The molecule has 180 valence electrons. The highest BCUT2D eigenvalue weighted by Crippen LogP contribution is 2.24. The van der Waals surface area contributed by atoms with Gasteiger partial charge in [0.15, 0.2) is 15.6 Å². The Kier molecular flexibility index (Phi) is 7.98. The summed E-state index contributed by atoms with van der Waals surface area (Å²) in [5.41, 5.74) is 2.93. The summed E-state index contributed by atoms with van der Waals surface area (Å²) in [6, 6.07) is 15.1. The number of aliphatic hydroxyl groups is 1. The van der Waals surface area contributed by atoms with E-state index >= 15 is 0 Å². The van der Waals surface area contributed by atoms with Gasteiger partial charge in [-0.3, -0.25) is 9.69 Å². The fourth-order valence-electron chi connectivity index (χ4n) is 4.07. The fourth-order valence-corrected chi connectivity index (χ4v) is 5.83. The number of carbonyl (C=O) groups excluding carboxylic acids is 1. The number of ketones is 1. The van der Waals surface area contributed by atoms with Crippen LogP contribution in [0, 0.1) is 0 Å². The number of Topliss-reactive ketones (excluding diaryl/α,β-unsaturated/α-hetero) is 1. The molecule has 1 saturated heterocycles. The Balaban J connectivity index is 1.67. The third kappa shape index (κ3) is 7.39. The number of hydrogen-bond acceptors (Lipinski definition) is 6. The van der Waals surface area contributed by atoms with Crippen molar-refractivity contribution in [1.29, 1.82) is 0 Å². The molecule has 0 aromatic heterocycles. The summed E-state index contributed by atoms with van der Waals surface area (Å²) in [7, 11) is -3.05. The van der Waals surface area contributed by atoms with Crippen LogP contribution in [-0.4, -0.2) is 61.0 Å². The summed E-state index contributed by atoms with van der Waals surface area (Å²) < 4.78 is 29.9. The van der Waals surface area contributed by atoms with Gasteiger partial charge >= 0.3 is 0 Å². The fraction of sp³-hybridized carbons (Fsp3) is 0.500. The first-order chi connectivity index (χ1) is 15.4. The summed E-state index contributed by atoms with van der Waals surface area (Å²) in [5.74, 6) is 0.768. The molecule has 1 aliphatic heterocycles. The molecule has 1 heterocycles. The first-order valence-electron chi connectivity index (χ1n) is 11.4. The summed E-state index contributed by atoms with van der Waals surface area (Å²) in [4.78, 5) is 13.6. The van der Waals surface area contributed by atoms with E-state index in [2.05, 4.69) is 49.9 Å². The van der Waals surface area contributed by atoms with Gasteiger partial charge < -0.3 is 9.84 Å². The molecule has 1 aliphatic rings. The maximum Gasteiger partial charge on any atom is 0.159 e. The molecule has 0 amide bonds. The van der Waals surface area contributed by atoms with Crippen LogP contribution < -0.4 is 4.74 Å². The Morgan fingerprint density at radius 2 is 1.88 bits per heavy atom. The predicted molar refractivity (Wildman–Crippen MR) is 131 cm³/mol. The van der Waals surface area contributed by atoms with Crippen molar-refractivity contribution in [3.05, 3.63) is 65.2 Å². The van der Waals surface area contributed by atoms with Gasteiger partial charge in [-0.1, -0.05) is 57.2 Å². The quantitative estimate of drug-likeness (QED) is 0.560. The largest absolute Gasteiger partial charge is 0.491 e. The molecule has 1 N–H and O–H groups in total. The van der Waals surface area contributed by atoms with Gasteiger partial charge in [0.2, 0.25) is 0 Å². The topological polar surface area (TPSA) is 83.9 Å². The molecular formula is C26H35NO5S. The predicted octanol–water partition coefficient (Wildman–Crippen LogP) is 3.62. The van der Waals surface area contributed by atoms with E-state index in [0.29, 0.717) is 30.8 Å². The maximum atomic E-state index is 12.1. The van der Waals surface area contributed by atoms with Gasteiger partial charge in [-0.15, -0.1) is 0 Å². The lowest BCUT2D eigenvalue weighted by molar-refractivity contribution is 0.0524. The second kappa shape index (κ2) is 10.4. The van der Waals surface area contributed by atoms with Crippen molar-refractivity contribution in [1.82, 2.24) is 4.90 Å². The molecule has 6 nitrogen and oxygen atoms in total. The van der Waals surface area contributed by atoms with Crippen LogP contribution in [0.3, 0.4) is 0 Å². The van der Waals surface area contributed by atoms with E-state index in [0.717, 1.165) is 5.56 Å². The maximum absolute atomic E-state index is 12.1. The van der Waals surface area contributed by atoms with E-state index in [-0.39, 0.29) is 35.4 Å². The average molecular weight is 474 g/mol. The van der Waals surface area contributed by atoms with Gasteiger partial charge in [-0.2, -0.15) is 0 Å². The molecule has 33 heavy (non-hydrogen) atoms. The molecule has 2 unspecified atom stereocenters. The van der Waals surface area contributed by atoms with E-state index in [9.17, 15) is 18.3 Å². The van der Waals surface area contributed by atoms with Crippen LogP contribution in [0.15, 0.2) is 48.5 Å². The Morgan fingerprint density at radius 1 is 1.18 bits per heavy atom. The van der Waals surface area contributed by atoms with Crippen LogP contribution in [0.25, 0.3) is 0 Å². The molecule has 0 bridgehead atoms. The van der Waals surface area contributed by atoms with Crippen LogP contribution in [0.4, 0.5) is 0 Å². The highest BCUT2D eigenvalue weighted by Gasteiger charge is 2.33. The second-order valence-electron chi connectivity index (χ2n) is 9.98. The van der Waals surface area contributed by atoms with Gasteiger partial charge in [0, 0.05) is 24.7 Å². The molecule has 0 aliphatic carbocycles. The standard InChI is InChI=1S/C26H35NO5S/c1-19(28)21-6-5-7-25(14-21)32-17-24(29)16-27(23-12-13-33(30,31)18-23)15-20-8-10-22(11-9-20)26(2,3)4/h5-11,14,23-24,29H,12-13,15-18H2,1-4H3. The van der Waals surface area contributed by atoms with Crippen molar-refractivity contribution in [2.75, 3.05) is 24.7 Å². The highest BCUT2D eigenvalue weighted by atomic mass is 32.2. The van der Waals surface area contributed by atoms with E-state index in [1.807, 2.05) is 0 Å². The van der Waals surface area contributed by atoms with Gasteiger partial charge in [0.25, 0.3) is 0 Å². The lowest BCUT2D eigenvalue weighted by Gasteiger charge is -2.30. The Morgan fingerprint density at radius 3 is 2.45 bits per heavy atom. The molecule has 0 saturated carbocycles. The molecule has 7 heteroatoms. The van der Waals surface area contributed by atoms with Crippen molar-refractivity contribution in [2.24, 2.45) is 0 Å². The zero-order chi connectivity index (χ0) is 24.2. The Labute approximate surface area is 197 Å². The van der Waals surface area contributed by atoms with Gasteiger partial charge in [0.05, 0.1) is 11.5 Å². The minimum Gasteiger partial charge on any atom is -0.491 e. The van der Waals surface area contributed by atoms with E-state index in [4.69, 9.17) is 4.74 Å². The third-order valence-electron chi connectivity index (χ3n) is 6.06. The Hall–Kier alpha value is -2.22. The SMILES string of the molecule is CC(=O)c1cccc(OCC(O)CN(Cc2ccc(C(C)(C)C)cc2)C2CCS(=O)(=O)C2)c1. The lowest BCUT2D eigenvalue weighted by atomic mass is 9.86. The number of nitrogens with zero attached hydrogens (tertiary/aromatic N) is 1. The minimum atomic E-state index is -3.05. The summed E-state index contributed by atoms with van der Waals surface area (Å²) >= 11 is 0. The third-order valence-corrected chi connectivity index (χ3v) is 7.81. The van der Waals surface area contributed by atoms with Crippen LogP contribution in [0.1, 0.15) is 55.6 Å². The number of sulfone groups is 1. The number of aliphatic hydroxyl groups excluding tert-OH is 1. The van der Waals surface area contributed by atoms with Crippen LogP contribution in [0.2, 0.25) is 0 Å². The molecule has 2 aromatic carbocycles. The Bertz CT molecular complexity index is 1060. The zero-order valence-corrected chi connectivity index (χ0v) is 20.8. The van der Waals surface area contributed by atoms with E-state index < -0.39 is 15.9 Å². The summed E-state index contributed by atoms with van der Waals surface area (Å²) in [6.07, 6.45) is -0.237. The van der Waals surface area contributed by atoms with Gasteiger partial charge in [0.1, 0.15) is 18.5 Å². The first kappa shape index (κ1) is 25.4. The molecule has 2 atom stereocenters. The van der Waals surface area contributed by atoms with Crippen molar-refractivity contribution >= 4 is 15.6 Å². The second-order valence-corrected chi connectivity index (χ2v) is 12.2. The molecule has 3 rings (SSSR count). The van der Waals surface area contributed by atoms with Crippen LogP contribution >= 0.6 is 0 Å². The number of rotatable bonds is 9. The summed E-state index contributed by atoms with van der Waals surface area (Å²) in [5, 5.41) is 10.7. The molecule has 2 aromatic rings. The average Bonchev–Trinajstić information content (AvgIpc) is 3.11. The van der Waals surface area contributed by atoms with E-state index in [1.165, 1.54) is 12.5 Å². The van der Waals surface area contributed by atoms with Crippen molar-refractivity contribution in [2.45, 2.75) is 58.2 Å². The number of ether oxygens (including phenoxy) is 1. The van der Waals surface area contributed by atoms with Crippen molar-refractivity contribution in [3.63, 3.8) is 0 Å². The molecule has 1 fully saturated rings. The highest BCUT2D eigenvalue weighted by molar-refractivity contribution is 7.91. The van der Waals surface area contributed by atoms with E-state index in [1.54, 1.807) is 24.3 Å². The molecule has 0 spiro atoms. The number of benzene rings is 2. The van der Waals surface area contributed by atoms with Crippen LogP contribution in [-0.2, 0) is 21.8 Å². The number of carbonyl (C=O) groups is 1. The minimum absolute atomic E-state index is 0.0490. The van der Waals surface area contributed by atoms with Crippen molar-refractivity contribution in [3.8, 4) is 5.75 Å². The van der Waals surface area contributed by atoms with Gasteiger partial charge in [-0.25, -0.2) is 8.42 Å². The number of hydrogen-bond donors (Lipinski definition) is 1. The molecule has 0 radical (unpaired) electrons. The monoisotopic (exact) mass is 473 g/mol.